The predicted molar refractivity (Wildman–Crippen MR) is 114 cm³/mol. The molecule has 2 aromatic rings. The number of nitrogens with zero attached hydrogens (tertiary/aromatic N) is 1. The fourth-order valence-electron chi connectivity index (χ4n) is 2.50. The van der Waals surface area contributed by atoms with Crippen LogP contribution >= 0.6 is 24.0 Å². The minimum absolute atomic E-state index is 0.196. The largest absolute Gasteiger partial charge is 0.361 e. The number of rotatable bonds is 5. The Morgan fingerprint density at radius 2 is 1.82 bits per heavy atom. The van der Waals surface area contributed by atoms with Gasteiger partial charge in [0.1, 0.15) is 5.82 Å². The van der Waals surface area contributed by atoms with Gasteiger partial charge in [-0.1, -0.05) is 29.8 Å². The monoisotopic (exact) mass is 415 g/mol. The van der Waals surface area contributed by atoms with Gasteiger partial charge < -0.3 is 10.6 Å². The van der Waals surface area contributed by atoms with E-state index in [2.05, 4.69) is 10.6 Å². The summed E-state index contributed by atoms with van der Waals surface area (Å²) in [6, 6.07) is 13.5. The van der Waals surface area contributed by atoms with E-state index in [4.69, 9.17) is 12.2 Å². The van der Waals surface area contributed by atoms with Gasteiger partial charge in [0.15, 0.2) is 5.11 Å². The molecule has 1 aliphatic heterocycles. The van der Waals surface area contributed by atoms with E-state index in [0.717, 1.165) is 23.0 Å². The van der Waals surface area contributed by atoms with E-state index in [1.54, 1.807) is 18.2 Å². The molecule has 0 radical (unpaired) electrons. The van der Waals surface area contributed by atoms with Crippen molar-refractivity contribution in [1.29, 1.82) is 0 Å². The molecular weight excluding hydrogens is 397 g/mol. The highest BCUT2D eigenvalue weighted by atomic mass is 32.2. The lowest BCUT2D eigenvalue weighted by atomic mass is 10.2. The third-order valence-electron chi connectivity index (χ3n) is 3.97. The molecule has 1 heterocycles. The Bertz CT molecular complexity index is 927. The number of carbonyl (C=O) groups excluding carboxylic acids is 2. The van der Waals surface area contributed by atoms with Gasteiger partial charge in [0.25, 0.3) is 11.1 Å². The van der Waals surface area contributed by atoms with Crippen molar-refractivity contribution in [3.8, 4) is 0 Å². The second-order valence-electron chi connectivity index (χ2n) is 6.13. The molecule has 0 aliphatic carbocycles. The van der Waals surface area contributed by atoms with Crippen molar-refractivity contribution in [2.45, 2.75) is 6.92 Å². The Morgan fingerprint density at radius 3 is 2.50 bits per heavy atom. The quantitative estimate of drug-likeness (QED) is 0.565. The molecule has 0 saturated carbocycles. The zero-order valence-electron chi connectivity index (χ0n) is 15.1. The van der Waals surface area contributed by atoms with Crippen LogP contribution in [0.25, 0.3) is 6.08 Å². The third kappa shape index (κ3) is 5.17. The lowest BCUT2D eigenvalue weighted by Crippen LogP contribution is -2.38. The summed E-state index contributed by atoms with van der Waals surface area (Å²) in [5, 5.41) is 6.11. The highest BCUT2D eigenvalue weighted by molar-refractivity contribution is 8.18. The van der Waals surface area contributed by atoms with Crippen LogP contribution in [-0.4, -0.2) is 34.2 Å². The zero-order chi connectivity index (χ0) is 20.1. The van der Waals surface area contributed by atoms with Gasteiger partial charge >= 0.3 is 0 Å². The normalized spacial score (nSPS) is 15.2. The number of hydrogen-bond acceptors (Lipinski definition) is 4. The number of nitrogens with one attached hydrogen (secondary N) is 2. The van der Waals surface area contributed by atoms with Crippen molar-refractivity contribution in [2.75, 3.05) is 18.4 Å². The summed E-state index contributed by atoms with van der Waals surface area (Å²) in [6.45, 7) is 2.53. The van der Waals surface area contributed by atoms with Crippen molar-refractivity contribution >= 4 is 52.0 Å². The van der Waals surface area contributed by atoms with Crippen LogP contribution in [0.3, 0.4) is 0 Å². The molecule has 1 aliphatic rings. The van der Waals surface area contributed by atoms with E-state index in [9.17, 15) is 14.0 Å². The minimum atomic E-state index is -0.362. The molecule has 0 unspecified atom stereocenters. The average Bonchev–Trinajstić information content (AvgIpc) is 2.93. The second kappa shape index (κ2) is 8.99. The number of carbonyl (C=O) groups is 2. The molecule has 144 valence electrons. The molecule has 0 bridgehead atoms. The van der Waals surface area contributed by atoms with Crippen LogP contribution in [0.2, 0.25) is 0 Å². The zero-order valence-corrected chi connectivity index (χ0v) is 16.7. The molecule has 5 nitrogen and oxygen atoms in total. The maximum absolute atomic E-state index is 13.0. The predicted octanol–water partition coefficient (Wildman–Crippen LogP) is 4.16. The van der Waals surface area contributed by atoms with Crippen LogP contribution in [0.1, 0.15) is 11.1 Å². The SMILES string of the molecule is Cc1ccc(NC(=S)NCCN2C(=O)S/C(=C\c3ccc(F)cc3)C2=O)cc1. The number of imide groups is 1. The summed E-state index contributed by atoms with van der Waals surface area (Å²) in [5.74, 6) is -0.718. The molecular formula is C20H18FN3O2S2. The molecule has 28 heavy (non-hydrogen) atoms. The summed E-state index contributed by atoms with van der Waals surface area (Å²) >= 11 is 6.10. The van der Waals surface area contributed by atoms with E-state index in [0.29, 0.717) is 22.1 Å². The van der Waals surface area contributed by atoms with Crippen LogP contribution in [0.5, 0.6) is 0 Å². The van der Waals surface area contributed by atoms with Crippen LogP contribution in [-0.2, 0) is 4.79 Å². The van der Waals surface area contributed by atoms with Gasteiger partial charge in [0.05, 0.1) is 4.91 Å². The Kier molecular flexibility index (Phi) is 6.43. The number of aryl methyl sites for hydroxylation is 1. The van der Waals surface area contributed by atoms with Crippen LogP contribution in [0.15, 0.2) is 53.4 Å². The third-order valence-corrected chi connectivity index (χ3v) is 5.13. The van der Waals surface area contributed by atoms with Crippen molar-refractivity contribution in [1.82, 2.24) is 10.2 Å². The van der Waals surface area contributed by atoms with Gasteiger partial charge in [0, 0.05) is 18.8 Å². The number of thioether (sulfide) groups is 1. The first-order valence-electron chi connectivity index (χ1n) is 8.55. The Morgan fingerprint density at radius 1 is 1.14 bits per heavy atom. The van der Waals surface area contributed by atoms with Gasteiger partial charge in [-0.15, -0.1) is 0 Å². The van der Waals surface area contributed by atoms with Gasteiger partial charge in [-0.05, 0) is 66.8 Å². The fraction of sp³-hybridized carbons (Fsp3) is 0.150. The molecule has 1 fully saturated rings. The first-order valence-corrected chi connectivity index (χ1v) is 9.77. The number of thiocarbonyl (C=S) groups is 1. The van der Waals surface area contributed by atoms with Crippen LogP contribution in [0, 0.1) is 12.7 Å². The standard InChI is InChI=1S/C20H18FN3O2S2/c1-13-2-8-16(9-3-13)23-19(27)22-10-11-24-18(25)17(28-20(24)26)12-14-4-6-15(21)7-5-14/h2-9,12H,10-11H2,1H3,(H2,22,23,27)/b17-12-. The summed E-state index contributed by atoms with van der Waals surface area (Å²) in [7, 11) is 0. The van der Waals surface area contributed by atoms with Crippen molar-refractivity contribution in [3.05, 3.63) is 70.4 Å². The molecule has 2 amide bonds. The molecule has 0 atom stereocenters. The topological polar surface area (TPSA) is 61.4 Å². The Balaban J connectivity index is 1.52. The van der Waals surface area contributed by atoms with Crippen LogP contribution in [0.4, 0.5) is 14.9 Å². The highest BCUT2D eigenvalue weighted by Crippen LogP contribution is 2.31. The smallest absolute Gasteiger partial charge is 0.293 e. The highest BCUT2D eigenvalue weighted by Gasteiger charge is 2.34. The van der Waals surface area contributed by atoms with E-state index >= 15 is 0 Å². The summed E-state index contributed by atoms with van der Waals surface area (Å²) in [4.78, 5) is 26.1. The van der Waals surface area contributed by atoms with E-state index in [1.807, 2.05) is 31.2 Å². The molecule has 1 saturated heterocycles. The van der Waals surface area contributed by atoms with Gasteiger partial charge in [0.2, 0.25) is 0 Å². The number of benzene rings is 2. The van der Waals surface area contributed by atoms with E-state index in [-0.39, 0.29) is 23.5 Å². The summed E-state index contributed by atoms with van der Waals surface area (Å²) in [6.07, 6.45) is 1.58. The minimum Gasteiger partial charge on any atom is -0.361 e. The first-order chi connectivity index (χ1) is 13.4. The maximum atomic E-state index is 13.0. The molecule has 2 N–H and O–H groups in total. The number of halogens is 1. The number of hydrogen-bond donors (Lipinski definition) is 2. The summed E-state index contributed by atoms with van der Waals surface area (Å²) < 4.78 is 13.0. The van der Waals surface area contributed by atoms with Crippen molar-refractivity contribution < 1.29 is 14.0 Å². The van der Waals surface area contributed by atoms with Crippen molar-refractivity contribution in [3.63, 3.8) is 0 Å². The van der Waals surface area contributed by atoms with E-state index < -0.39 is 0 Å². The fourth-order valence-corrected chi connectivity index (χ4v) is 3.58. The maximum Gasteiger partial charge on any atom is 0.293 e. The molecule has 8 heteroatoms. The number of amides is 2. The van der Waals surface area contributed by atoms with Gasteiger partial charge in [-0.3, -0.25) is 14.5 Å². The van der Waals surface area contributed by atoms with E-state index in [1.165, 1.54) is 17.0 Å². The second-order valence-corrected chi connectivity index (χ2v) is 7.53. The Labute approximate surface area is 172 Å². The molecule has 0 spiro atoms. The van der Waals surface area contributed by atoms with Crippen molar-refractivity contribution in [2.24, 2.45) is 0 Å². The van der Waals surface area contributed by atoms with Crippen LogP contribution < -0.4 is 10.6 Å². The molecule has 2 aromatic carbocycles. The first kappa shape index (κ1) is 20.0. The lowest BCUT2D eigenvalue weighted by molar-refractivity contribution is -0.122. The number of anilines is 1. The molecule has 0 aromatic heterocycles. The molecule has 3 rings (SSSR count). The van der Waals surface area contributed by atoms with Gasteiger partial charge in [-0.2, -0.15) is 0 Å². The average molecular weight is 416 g/mol. The van der Waals surface area contributed by atoms with Gasteiger partial charge in [-0.25, -0.2) is 4.39 Å². The Hall–Kier alpha value is -2.71. The lowest BCUT2D eigenvalue weighted by Gasteiger charge is -2.15. The summed E-state index contributed by atoms with van der Waals surface area (Å²) in [5.41, 5.74) is 2.67.